The number of benzene rings is 2. The number of ether oxygens (including phenoxy) is 2. The van der Waals surface area contributed by atoms with Crippen molar-refractivity contribution >= 4 is 34.5 Å². The van der Waals surface area contributed by atoms with Gasteiger partial charge in [0.2, 0.25) is 0 Å². The Balaban J connectivity index is 1.90. The summed E-state index contributed by atoms with van der Waals surface area (Å²) in [4.78, 5) is 20.0. The summed E-state index contributed by atoms with van der Waals surface area (Å²) in [5.74, 6) is -0.785. The molecule has 0 aromatic heterocycles. The second-order valence-corrected chi connectivity index (χ2v) is 7.37. The Morgan fingerprint density at radius 3 is 2.69 bits per heavy atom. The molecule has 0 atom stereocenters. The van der Waals surface area contributed by atoms with Crippen molar-refractivity contribution in [1.82, 2.24) is 0 Å². The quantitative estimate of drug-likeness (QED) is 0.184. The van der Waals surface area contributed by atoms with Crippen molar-refractivity contribution in [2.24, 2.45) is 10.1 Å². The molecule has 0 spiro atoms. The van der Waals surface area contributed by atoms with Gasteiger partial charge in [-0.05, 0) is 48.4 Å². The van der Waals surface area contributed by atoms with E-state index < -0.39 is 5.97 Å². The van der Waals surface area contributed by atoms with E-state index in [1.54, 1.807) is 37.3 Å². The summed E-state index contributed by atoms with van der Waals surface area (Å²) in [5, 5.41) is 24.6. The molecule has 0 bridgehead atoms. The Morgan fingerprint density at radius 2 is 2.00 bits per heavy atom. The van der Waals surface area contributed by atoms with Crippen molar-refractivity contribution in [1.29, 1.82) is 0 Å². The van der Waals surface area contributed by atoms with Gasteiger partial charge in [-0.25, -0.2) is 9.79 Å². The van der Waals surface area contributed by atoms with E-state index in [4.69, 9.17) is 15.0 Å². The Bertz CT molecular complexity index is 1140. The molecule has 0 unspecified atom stereocenters. The molecule has 2 aromatic rings. The largest absolute Gasteiger partial charge is 0.506 e. The maximum atomic E-state index is 12.5. The van der Waals surface area contributed by atoms with Crippen LogP contribution in [0.4, 0.5) is 5.69 Å². The fourth-order valence-electron chi connectivity index (χ4n) is 2.75. The number of nitrogens with zero attached hydrogens (tertiary/aromatic N) is 4. The molecule has 9 nitrogen and oxygen atoms in total. The molecule has 164 valence electrons. The zero-order valence-electron chi connectivity index (χ0n) is 17.1. The SMILES string of the molecule is CCOC(=O)C1=C(O)/C(=C/c2ccc(OCCN=[N+]=[N-])c(O)c2)SC1=Nc1ccccc1. The van der Waals surface area contributed by atoms with Crippen LogP contribution >= 0.6 is 11.8 Å². The lowest BCUT2D eigenvalue weighted by Gasteiger charge is -2.07. The van der Waals surface area contributed by atoms with Crippen LogP contribution in [0.2, 0.25) is 0 Å². The number of rotatable bonds is 8. The predicted molar refractivity (Wildman–Crippen MR) is 123 cm³/mol. The molecule has 0 fully saturated rings. The van der Waals surface area contributed by atoms with Crippen molar-refractivity contribution in [3.8, 4) is 11.5 Å². The maximum Gasteiger partial charge on any atom is 0.344 e. The maximum absolute atomic E-state index is 12.5. The normalized spacial score (nSPS) is 15.7. The zero-order valence-corrected chi connectivity index (χ0v) is 18.0. The molecule has 10 heteroatoms. The first kappa shape index (κ1) is 22.8. The Morgan fingerprint density at radius 1 is 1.22 bits per heavy atom. The van der Waals surface area contributed by atoms with Crippen LogP contribution in [0.1, 0.15) is 12.5 Å². The highest BCUT2D eigenvalue weighted by Crippen LogP contribution is 2.40. The summed E-state index contributed by atoms with van der Waals surface area (Å²) in [5.41, 5.74) is 9.48. The number of carbonyl (C=O) groups is 1. The van der Waals surface area contributed by atoms with E-state index in [0.717, 1.165) is 11.8 Å². The van der Waals surface area contributed by atoms with Crippen LogP contribution in [0.3, 0.4) is 0 Å². The van der Waals surface area contributed by atoms with E-state index >= 15 is 0 Å². The molecule has 1 heterocycles. The van der Waals surface area contributed by atoms with Gasteiger partial charge in [-0.3, -0.25) is 0 Å². The van der Waals surface area contributed by atoms with Crippen LogP contribution in [0.25, 0.3) is 16.5 Å². The number of aliphatic hydroxyl groups is 1. The number of hydrogen-bond donors (Lipinski definition) is 2. The first-order chi connectivity index (χ1) is 15.5. The molecule has 0 saturated heterocycles. The van der Waals surface area contributed by atoms with Gasteiger partial charge < -0.3 is 19.7 Å². The number of aromatic hydroxyl groups is 1. The first-order valence-electron chi connectivity index (χ1n) is 9.64. The highest BCUT2D eigenvalue weighted by molar-refractivity contribution is 8.18. The van der Waals surface area contributed by atoms with Crippen molar-refractivity contribution in [2.45, 2.75) is 6.92 Å². The molecule has 0 saturated carbocycles. The second-order valence-electron chi connectivity index (χ2n) is 6.34. The minimum absolute atomic E-state index is 0.00539. The molecule has 32 heavy (non-hydrogen) atoms. The molecule has 0 amide bonds. The number of azide groups is 1. The Hall–Kier alpha value is -3.88. The van der Waals surface area contributed by atoms with Crippen molar-refractivity contribution in [3.63, 3.8) is 0 Å². The average Bonchev–Trinajstić information content (AvgIpc) is 3.08. The zero-order chi connectivity index (χ0) is 22.9. The van der Waals surface area contributed by atoms with E-state index in [-0.39, 0.29) is 42.6 Å². The van der Waals surface area contributed by atoms with E-state index in [1.807, 2.05) is 18.2 Å². The minimum Gasteiger partial charge on any atom is -0.506 e. The van der Waals surface area contributed by atoms with Crippen LogP contribution < -0.4 is 4.74 Å². The van der Waals surface area contributed by atoms with Gasteiger partial charge in [0, 0.05) is 4.91 Å². The van der Waals surface area contributed by atoms with Crippen LogP contribution in [-0.2, 0) is 9.53 Å². The Labute approximate surface area is 188 Å². The fraction of sp³-hybridized carbons (Fsp3) is 0.182. The summed E-state index contributed by atoms with van der Waals surface area (Å²) >= 11 is 1.13. The monoisotopic (exact) mass is 452 g/mol. The second kappa shape index (κ2) is 10.9. The molecular weight excluding hydrogens is 432 g/mol. The van der Waals surface area contributed by atoms with Gasteiger partial charge in [0.05, 0.1) is 30.4 Å². The molecule has 1 aliphatic rings. The lowest BCUT2D eigenvalue weighted by Crippen LogP contribution is -2.12. The molecule has 2 N–H and O–H groups in total. The summed E-state index contributed by atoms with van der Waals surface area (Å²) in [7, 11) is 0. The van der Waals surface area contributed by atoms with Gasteiger partial charge in [0.15, 0.2) is 11.5 Å². The smallest absolute Gasteiger partial charge is 0.344 e. The predicted octanol–water partition coefficient (Wildman–Crippen LogP) is 5.27. The van der Waals surface area contributed by atoms with Gasteiger partial charge in [0.25, 0.3) is 0 Å². The van der Waals surface area contributed by atoms with E-state index in [9.17, 15) is 15.0 Å². The highest BCUT2D eigenvalue weighted by atomic mass is 32.2. The number of thioether (sulfide) groups is 1. The molecule has 1 aliphatic heterocycles. The summed E-state index contributed by atoms with van der Waals surface area (Å²) in [6.45, 7) is 2.10. The summed E-state index contributed by atoms with van der Waals surface area (Å²) in [6, 6.07) is 13.8. The van der Waals surface area contributed by atoms with Gasteiger partial charge in [-0.15, -0.1) is 0 Å². The van der Waals surface area contributed by atoms with Gasteiger partial charge >= 0.3 is 5.97 Å². The Kier molecular flexibility index (Phi) is 7.80. The van der Waals surface area contributed by atoms with Crippen LogP contribution in [0.5, 0.6) is 11.5 Å². The first-order valence-corrected chi connectivity index (χ1v) is 10.5. The van der Waals surface area contributed by atoms with Crippen LogP contribution in [0.15, 0.2) is 74.9 Å². The third-order valence-electron chi connectivity index (χ3n) is 4.15. The topological polar surface area (TPSA) is 137 Å². The molecular formula is C22H20N4O5S. The number of esters is 1. The lowest BCUT2D eigenvalue weighted by molar-refractivity contribution is -0.138. The number of aliphatic hydroxyl groups excluding tert-OH is 1. The number of phenolic OH excluding ortho intramolecular Hbond substituents is 1. The van der Waals surface area contributed by atoms with E-state index in [1.165, 1.54) is 6.07 Å². The minimum atomic E-state index is -0.665. The van der Waals surface area contributed by atoms with E-state index in [2.05, 4.69) is 15.0 Å². The summed E-state index contributed by atoms with van der Waals surface area (Å²) in [6.07, 6.45) is 1.62. The highest BCUT2D eigenvalue weighted by Gasteiger charge is 2.33. The van der Waals surface area contributed by atoms with Gasteiger partial charge in [0.1, 0.15) is 16.4 Å². The number of phenols is 1. The van der Waals surface area contributed by atoms with Crippen molar-refractivity contribution in [3.05, 3.63) is 80.8 Å². The molecule has 0 radical (unpaired) electrons. The van der Waals surface area contributed by atoms with Gasteiger partial charge in [-0.1, -0.05) is 41.1 Å². The van der Waals surface area contributed by atoms with Crippen molar-refractivity contribution in [2.75, 3.05) is 19.8 Å². The third-order valence-corrected chi connectivity index (χ3v) is 5.17. The van der Waals surface area contributed by atoms with Crippen LogP contribution in [0, 0.1) is 0 Å². The molecule has 0 aliphatic carbocycles. The van der Waals surface area contributed by atoms with Crippen LogP contribution in [-0.4, -0.2) is 41.0 Å². The van der Waals surface area contributed by atoms with Crippen molar-refractivity contribution < 1.29 is 24.5 Å². The lowest BCUT2D eigenvalue weighted by atomic mass is 10.1. The standard InChI is InChI=1S/C22H20N4O5S/c1-2-30-22(29)19-20(28)18(32-21(19)25-15-6-4-3-5-7-15)13-14-8-9-17(16(27)12-14)31-11-10-24-26-23/h3-9,12-13,27-28H,2,10-11H2,1H3/b18-13-,25-21?. The molecule has 2 aromatic carbocycles. The number of hydrogen-bond acceptors (Lipinski definition) is 8. The number of aliphatic imine (C=N–C) groups is 1. The molecule has 3 rings (SSSR count). The van der Waals surface area contributed by atoms with E-state index in [0.29, 0.717) is 21.2 Å². The summed E-state index contributed by atoms with van der Waals surface area (Å²) < 4.78 is 10.5. The number of carbonyl (C=O) groups excluding carboxylic acids is 1. The number of para-hydroxylation sites is 1. The fourth-order valence-corrected chi connectivity index (χ4v) is 3.79. The van der Waals surface area contributed by atoms with Gasteiger partial charge in [-0.2, -0.15) is 0 Å². The third kappa shape index (κ3) is 5.63. The average molecular weight is 452 g/mol.